The first kappa shape index (κ1) is 24.1. The van der Waals surface area contributed by atoms with E-state index in [-0.39, 0.29) is 5.82 Å². The van der Waals surface area contributed by atoms with Gasteiger partial charge in [0.2, 0.25) is 0 Å². The summed E-state index contributed by atoms with van der Waals surface area (Å²) >= 11 is 0. The first-order valence-electron chi connectivity index (χ1n) is 13.2. The van der Waals surface area contributed by atoms with E-state index < -0.39 is 5.82 Å². The summed E-state index contributed by atoms with van der Waals surface area (Å²) in [4.78, 5) is 16.7. The predicted octanol–water partition coefficient (Wildman–Crippen LogP) is 7.62. The van der Waals surface area contributed by atoms with Crippen molar-refractivity contribution in [1.82, 2.24) is 30.1 Å². The summed E-state index contributed by atoms with van der Waals surface area (Å²) in [7, 11) is 0. The number of H-pyrrole nitrogens is 2. The first-order chi connectivity index (χ1) is 19.5. The standard InChI is InChI=1S/C31H25F2N7/c1-17(18-5-2-3-6-18)36-22-14-20(15-34-16-22)23-9-10-24-26(27(23)33)30(40-39-24)31-37-25-11-12-35-28(29(25)38-31)19-7-4-8-21(32)13-19/h4,7-16,18,36H,1-3,5-6H2,(H,37,38)(H,39,40). The minimum Gasteiger partial charge on any atom is -0.358 e. The van der Waals surface area contributed by atoms with Crippen LogP contribution in [0.2, 0.25) is 0 Å². The number of allylic oxidation sites excluding steroid dienone is 1. The topological polar surface area (TPSA) is 95.2 Å². The van der Waals surface area contributed by atoms with E-state index in [1.54, 1.807) is 48.9 Å². The molecule has 0 unspecified atom stereocenters. The monoisotopic (exact) mass is 533 g/mol. The number of aromatic amines is 2. The number of imidazole rings is 1. The lowest BCUT2D eigenvalue weighted by Crippen LogP contribution is -2.07. The number of nitrogens with one attached hydrogen (secondary N) is 3. The molecule has 9 heteroatoms. The van der Waals surface area contributed by atoms with Gasteiger partial charge in [0.05, 0.1) is 34.0 Å². The predicted molar refractivity (Wildman–Crippen MR) is 152 cm³/mol. The largest absolute Gasteiger partial charge is 0.358 e. The summed E-state index contributed by atoms with van der Waals surface area (Å²) in [6, 6.07) is 13.4. The molecule has 7 nitrogen and oxygen atoms in total. The van der Waals surface area contributed by atoms with E-state index in [9.17, 15) is 4.39 Å². The van der Waals surface area contributed by atoms with E-state index in [2.05, 4.69) is 37.0 Å². The molecule has 0 radical (unpaired) electrons. The average Bonchev–Trinajstić information content (AvgIpc) is 3.73. The van der Waals surface area contributed by atoms with E-state index in [4.69, 9.17) is 4.98 Å². The van der Waals surface area contributed by atoms with Crippen molar-refractivity contribution >= 4 is 27.6 Å². The van der Waals surface area contributed by atoms with Crippen molar-refractivity contribution in [2.45, 2.75) is 25.7 Å². The SMILES string of the molecule is C=C(Nc1cncc(-c2ccc3[nH]nc(-c4nc5c(-c6cccc(F)c6)nccc5[nH]4)c3c2F)c1)C1CCCC1. The molecule has 3 N–H and O–H groups in total. The molecule has 7 rings (SSSR count). The molecule has 1 saturated carbocycles. The van der Waals surface area contributed by atoms with Crippen molar-refractivity contribution in [2.75, 3.05) is 5.32 Å². The number of anilines is 1. The van der Waals surface area contributed by atoms with E-state index in [0.29, 0.717) is 61.8 Å². The maximum Gasteiger partial charge on any atom is 0.159 e. The van der Waals surface area contributed by atoms with Gasteiger partial charge in [0.15, 0.2) is 5.82 Å². The van der Waals surface area contributed by atoms with E-state index in [1.807, 2.05) is 6.07 Å². The maximum atomic E-state index is 16.2. The lowest BCUT2D eigenvalue weighted by atomic mass is 10.0. The summed E-state index contributed by atoms with van der Waals surface area (Å²) < 4.78 is 30.1. The number of pyridine rings is 2. The average molecular weight is 534 g/mol. The van der Waals surface area contributed by atoms with E-state index in [1.165, 1.54) is 25.0 Å². The molecule has 0 bridgehead atoms. The van der Waals surface area contributed by atoms with Gasteiger partial charge in [-0.3, -0.25) is 15.1 Å². The fraction of sp³-hybridized carbons (Fsp3) is 0.161. The Hall–Kier alpha value is -4.92. The molecule has 2 aromatic carbocycles. The van der Waals surface area contributed by atoms with Crippen LogP contribution in [0.5, 0.6) is 0 Å². The zero-order chi connectivity index (χ0) is 27.2. The molecule has 40 heavy (non-hydrogen) atoms. The van der Waals surface area contributed by atoms with Gasteiger partial charge >= 0.3 is 0 Å². The fourth-order valence-electron chi connectivity index (χ4n) is 5.58. The Morgan fingerprint density at radius 1 is 0.950 bits per heavy atom. The Kier molecular flexibility index (Phi) is 5.84. The zero-order valence-corrected chi connectivity index (χ0v) is 21.5. The number of aromatic nitrogens is 6. The second-order valence-electron chi connectivity index (χ2n) is 10.2. The Balaban J connectivity index is 1.28. The highest BCUT2D eigenvalue weighted by molar-refractivity contribution is 5.98. The molecule has 4 heterocycles. The van der Waals surface area contributed by atoms with Crippen LogP contribution in [-0.4, -0.2) is 30.1 Å². The highest BCUT2D eigenvalue weighted by Crippen LogP contribution is 2.36. The Morgan fingerprint density at radius 3 is 2.67 bits per heavy atom. The van der Waals surface area contributed by atoms with Gasteiger partial charge < -0.3 is 10.3 Å². The van der Waals surface area contributed by atoms with Gasteiger partial charge in [-0.2, -0.15) is 5.10 Å². The second-order valence-corrected chi connectivity index (χ2v) is 10.2. The van der Waals surface area contributed by atoms with Gasteiger partial charge in [-0.15, -0.1) is 0 Å². The summed E-state index contributed by atoms with van der Waals surface area (Å²) in [5.41, 5.74) is 6.01. The van der Waals surface area contributed by atoms with Crippen LogP contribution >= 0.6 is 0 Å². The van der Waals surface area contributed by atoms with Crippen molar-refractivity contribution in [3.63, 3.8) is 0 Å². The molecule has 4 aromatic heterocycles. The van der Waals surface area contributed by atoms with Crippen LogP contribution in [0, 0.1) is 17.6 Å². The number of hydrogen-bond donors (Lipinski definition) is 3. The molecule has 198 valence electrons. The molecule has 6 aromatic rings. The molecule has 0 atom stereocenters. The molecule has 0 amide bonds. The Labute approximate surface area is 228 Å². The van der Waals surface area contributed by atoms with Crippen LogP contribution in [0.1, 0.15) is 25.7 Å². The summed E-state index contributed by atoms with van der Waals surface area (Å²) in [6.07, 6.45) is 9.70. The van der Waals surface area contributed by atoms with Crippen molar-refractivity contribution < 1.29 is 8.78 Å². The molecule has 0 aliphatic heterocycles. The van der Waals surface area contributed by atoms with Gasteiger partial charge in [-0.1, -0.05) is 31.6 Å². The van der Waals surface area contributed by atoms with Gasteiger partial charge in [-0.25, -0.2) is 13.8 Å². The number of hydrogen-bond acceptors (Lipinski definition) is 5. The third-order valence-corrected chi connectivity index (χ3v) is 7.59. The molecule has 1 aliphatic rings. The third-order valence-electron chi connectivity index (χ3n) is 7.59. The van der Waals surface area contributed by atoms with Crippen molar-refractivity contribution in [3.8, 4) is 33.9 Å². The van der Waals surface area contributed by atoms with Gasteiger partial charge in [0, 0.05) is 34.8 Å². The number of fused-ring (bicyclic) bond motifs is 2. The van der Waals surface area contributed by atoms with Crippen molar-refractivity contribution in [3.05, 3.63) is 91.0 Å². The van der Waals surface area contributed by atoms with Crippen molar-refractivity contribution in [2.24, 2.45) is 5.92 Å². The van der Waals surface area contributed by atoms with Crippen LogP contribution < -0.4 is 5.32 Å². The number of halogens is 2. The van der Waals surface area contributed by atoms with Crippen LogP contribution in [0.25, 0.3) is 55.8 Å². The summed E-state index contributed by atoms with van der Waals surface area (Å²) in [5, 5.41) is 11.0. The summed E-state index contributed by atoms with van der Waals surface area (Å²) in [6.45, 7) is 4.22. The minimum atomic E-state index is -0.432. The zero-order valence-electron chi connectivity index (χ0n) is 21.5. The van der Waals surface area contributed by atoms with Gasteiger partial charge in [0.25, 0.3) is 0 Å². The Morgan fingerprint density at radius 2 is 1.82 bits per heavy atom. The summed E-state index contributed by atoms with van der Waals surface area (Å²) in [5.74, 6) is 0.0327. The quantitative estimate of drug-likeness (QED) is 0.205. The third kappa shape index (κ3) is 4.20. The van der Waals surface area contributed by atoms with Crippen LogP contribution in [0.15, 0.2) is 79.4 Å². The van der Waals surface area contributed by atoms with Crippen LogP contribution in [0.3, 0.4) is 0 Å². The van der Waals surface area contributed by atoms with E-state index in [0.717, 1.165) is 24.2 Å². The normalized spacial score (nSPS) is 13.8. The second kappa shape index (κ2) is 9.68. The lowest BCUT2D eigenvalue weighted by molar-refractivity contribution is 0.628. The Bertz CT molecular complexity index is 1900. The molecule has 1 aliphatic carbocycles. The van der Waals surface area contributed by atoms with Gasteiger partial charge in [-0.05, 0) is 55.2 Å². The number of benzene rings is 2. The smallest absolute Gasteiger partial charge is 0.159 e. The van der Waals surface area contributed by atoms with E-state index >= 15 is 4.39 Å². The lowest BCUT2D eigenvalue weighted by Gasteiger charge is -2.16. The number of rotatable bonds is 6. The minimum absolute atomic E-state index is 0.311. The molecule has 1 fully saturated rings. The van der Waals surface area contributed by atoms with Crippen molar-refractivity contribution in [1.29, 1.82) is 0 Å². The molecule has 0 saturated heterocycles. The number of nitrogens with zero attached hydrogens (tertiary/aromatic N) is 4. The maximum absolute atomic E-state index is 16.2. The van der Waals surface area contributed by atoms with Crippen LogP contribution in [-0.2, 0) is 0 Å². The molecular formula is C31H25F2N7. The highest BCUT2D eigenvalue weighted by atomic mass is 19.1. The van der Waals surface area contributed by atoms with Crippen LogP contribution in [0.4, 0.5) is 14.5 Å². The van der Waals surface area contributed by atoms with Gasteiger partial charge in [0.1, 0.15) is 22.8 Å². The fourth-order valence-corrected chi connectivity index (χ4v) is 5.58. The molecule has 0 spiro atoms. The highest BCUT2D eigenvalue weighted by Gasteiger charge is 2.22. The first-order valence-corrected chi connectivity index (χ1v) is 13.2. The molecular weight excluding hydrogens is 508 g/mol.